The average molecular weight is 351 g/mol. The Bertz CT molecular complexity index is 1100. The number of carbonyl (C=O) groups is 1. The molecule has 2 N–H and O–H groups in total. The third-order valence-corrected chi connectivity index (χ3v) is 5.48. The third-order valence-electron chi connectivity index (χ3n) is 5.48. The van der Waals surface area contributed by atoms with Gasteiger partial charge in [0.2, 0.25) is 0 Å². The van der Waals surface area contributed by atoms with Gasteiger partial charge in [-0.1, -0.05) is 12.1 Å². The Labute approximate surface area is 163 Å². The normalized spacial score (nSPS) is 33.7. The van der Waals surface area contributed by atoms with Crippen molar-refractivity contribution in [1.29, 1.82) is 0 Å². The lowest BCUT2D eigenvalue weighted by Crippen LogP contribution is -2.56. The van der Waals surface area contributed by atoms with Gasteiger partial charge in [0.25, 0.3) is 0 Å². The van der Waals surface area contributed by atoms with E-state index in [1.165, 1.54) is 5.56 Å². The molecule has 2 amide bonds. The molecule has 1 fully saturated rings. The first-order valence-corrected chi connectivity index (χ1v) is 8.37. The molecule has 1 aliphatic heterocycles. The predicted molar refractivity (Wildman–Crippen MR) is 101 cm³/mol. The van der Waals surface area contributed by atoms with Crippen LogP contribution in [0.15, 0.2) is 24.4 Å². The second-order valence-corrected chi connectivity index (χ2v) is 6.84. The number of nitrogens with one attached hydrogen (secondary N) is 2. The summed E-state index contributed by atoms with van der Waals surface area (Å²) in [4.78, 5) is 18.3. The smallest absolute Gasteiger partial charge is 0.317 e. The highest BCUT2D eigenvalue weighted by molar-refractivity contribution is 5.88. The molecule has 0 unspecified atom stereocenters. The molecule has 5 nitrogen and oxygen atoms in total. The number of carbonyl (C=O) groups excluding carboxylic acids is 1. The number of likely N-dealkylation sites (tertiary alicyclic amines) is 1. The number of aromatic nitrogens is 1. The summed E-state index contributed by atoms with van der Waals surface area (Å²) < 4.78 is 77.1. The molecule has 1 saturated heterocycles. The van der Waals surface area contributed by atoms with Crippen LogP contribution in [0.25, 0.3) is 10.9 Å². The second kappa shape index (κ2) is 6.37. The van der Waals surface area contributed by atoms with Gasteiger partial charge in [0.1, 0.15) is 0 Å². The Morgan fingerprint density at radius 1 is 1.48 bits per heavy atom. The highest BCUT2D eigenvalue weighted by Gasteiger charge is 2.39. The van der Waals surface area contributed by atoms with Gasteiger partial charge in [0.15, 0.2) is 0 Å². The van der Waals surface area contributed by atoms with Gasteiger partial charge in [-0.15, -0.1) is 0 Å². The maximum atomic E-state index is 13.2. The first-order valence-electron chi connectivity index (χ1n) is 13.4. The molecule has 1 aliphatic carbocycles. The van der Waals surface area contributed by atoms with E-state index in [1.54, 1.807) is 0 Å². The minimum absolute atomic E-state index is 0.0123. The SMILES string of the molecule is [2H]C([2H])([2H])C([2H])([2H])N(C(=O)N[C@H]1C[C@@H]2c3cccc4[nH]cc(c34)C[C@H]2N(C)C1)C([2H])([2H])C([2H])([2H])[2H]. The third kappa shape index (κ3) is 2.71. The van der Waals surface area contributed by atoms with Crippen molar-refractivity contribution in [3.63, 3.8) is 0 Å². The molecular weight excluding hydrogens is 312 g/mol. The van der Waals surface area contributed by atoms with E-state index in [0.717, 1.165) is 22.9 Å². The predicted octanol–water partition coefficient (Wildman–Crippen LogP) is 2.93. The molecule has 0 saturated carbocycles. The molecule has 0 bridgehead atoms. The van der Waals surface area contributed by atoms with E-state index in [-0.39, 0.29) is 16.9 Å². The lowest BCUT2D eigenvalue weighted by atomic mass is 9.74. The molecule has 4 rings (SSSR count). The van der Waals surface area contributed by atoms with Gasteiger partial charge in [-0.25, -0.2) is 4.79 Å². The fraction of sp³-hybridized carbons (Fsp3) is 0.550. The molecule has 1 aromatic heterocycles. The summed E-state index contributed by atoms with van der Waals surface area (Å²) in [5.74, 6) is 0.0123. The Hall–Kier alpha value is -2.01. The molecule has 2 heterocycles. The zero-order chi connectivity index (χ0) is 26.1. The minimum Gasteiger partial charge on any atom is -0.361 e. The van der Waals surface area contributed by atoms with Crippen LogP contribution in [0.1, 0.15) is 50.9 Å². The highest BCUT2D eigenvalue weighted by Crippen LogP contribution is 2.42. The van der Waals surface area contributed by atoms with Crippen LogP contribution in [0.5, 0.6) is 0 Å². The summed E-state index contributed by atoms with van der Waals surface area (Å²) in [7, 11) is 1.90. The maximum absolute atomic E-state index is 13.2. The van der Waals surface area contributed by atoms with Crippen molar-refractivity contribution in [3.8, 4) is 0 Å². The number of hydrogen-bond acceptors (Lipinski definition) is 2. The summed E-state index contributed by atoms with van der Waals surface area (Å²) in [6.45, 7) is -13.8. The van der Waals surface area contributed by atoms with E-state index in [4.69, 9.17) is 13.7 Å². The summed E-state index contributed by atoms with van der Waals surface area (Å²) in [5, 5.41) is 3.68. The number of urea groups is 1. The van der Waals surface area contributed by atoms with Crippen molar-refractivity contribution in [2.24, 2.45) is 0 Å². The van der Waals surface area contributed by atoms with Gasteiger partial charge in [0.05, 0.1) is 0 Å². The van der Waals surface area contributed by atoms with Crippen molar-refractivity contribution in [3.05, 3.63) is 35.5 Å². The fourth-order valence-electron chi connectivity index (χ4n) is 4.42. The molecule has 2 aliphatic rings. The Kier molecular flexibility index (Phi) is 2.19. The maximum Gasteiger partial charge on any atom is 0.317 e. The number of benzene rings is 1. The molecule has 2 aromatic rings. The summed E-state index contributed by atoms with van der Waals surface area (Å²) in [6.07, 6.45) is 3.25. The molecule has 0 spiro atoms. The number of hydrogen-bond donors (Lipinski definition) is 2. The van der Waals surface area contributed by atoms with Gasteiger partial charge in [-0.2, -0.15) is 0 Å². The minimum atomic E-state index is -3.57. The number of H-pyrrole nitrogens is 1. The monoisotopic (exact) mass is 350 g/mol. The number of piperidine rings is 1. The van der Waals surface area contributed by atoms with E-state index >= 15 is 0 Å². The largest absolute Gasteiger partial charge is 0.361 e. The van der Waals surface area contributed by atoms with Crippen molar-refractivity contribution < 1.29 is 18.5 Å². The first kappa shape index (κ1) is 8.58. The van der Waals surface area contributed by atoms with Crippen LogP contribution in [0.4, 0.5) is 4.79 Å². The van der Waals surface area contributed by atoms with Gasteiger partial charge in [-0.3, -0.25) is 0 Å². The van der Waals surface area contributed by atoms with Crippen LogP contribution in [0.3, 0.4) is 0 Å². The zero-order valence-electron chi connectivity index (χ0n) is 24.0. The summed E-state index contributed by atoms with van der Waals surface area (Å²) in [6, 6.07) is 4.10. The van der Waals surface area contributed by atoms with Crippen LogP contribution in [0, 0.1) is 0 Å². The number of rotatable bonds is 3. The van der Waals surface area contributed by atoms with Crippen LogP contribution in [-0.2, 0) is 6.42 Å². The Morgan fingerprint density at radius 2 is 2.32 bits per heavy atom. The lowest BCUT2D eigenvalue weighted by molar-refractivity contribution is 0.124. The van der Waals surface area contributed by atoms with Crippen LogP contribution in [0.2, 0.25) is 0 Å². The first-order chi connectivity index (χ1) is 16.0. The van der Waals surface area contributed by atoms with Crippen molar-refractivity contribution >= 4 is 16.9 Å². The van der Waals surface area contributed by atoms with Crippen LogP contribution >= 0.6 is 0 Å². The van der Waals surface area contributed by atoms with Crippen LogP contribution in [-0.4, -0.2) is 59.5 Å². The molecule has 25 heavy (non-hydrogen) atoms. The number of likely N-dealkylation sites (N-methyl/N-ethyl adjacent to an activating group) is 1. The molecule has 134 valence electrons. The average Bonchev–Trinajstić information content (AvgIpc) is 3.11. The van der Waals surface area contributed by atoms with Crippen LogP contribution < -0.4 is 5.32 Å². The number of aromatic amines is 1. The number of nitrogens with zero attached hydrogens (tertiary/aromatic N) is 2. The molecule has 5 heteroatoms. The van der Waals surface area contributed by atoms with Gasteiger partial charge < -0.3 is 20.1 Å². The van der Waals surface area contributed by atoms with Crippen molar-refractivity contribution in [2.45, 2.75) is 44.5 Å². The highest BCUT2D eigenvalue weighted by atomic mass is 16.2. The van der Waals surface area contributed by atoms with Crippen molar-refractivity contribution in [1.82, 2.24) is 20.1 Å². The Balaban J connectivity index is 1.65. The van der Waals surface area contributed by atoms with E-state index in [2.05, 4.69) is 15.2 Å². The summed E-state index contributed by atoms with van der Waals surface area (Å²) >= 11 is 0. The Morgan fingerprint density at radius 3 is 3.12 bits per heavy atom. The molecule has 0 radical (unpaired) electrons. The van der Waals surface area contributed by atoms with E-state index in [0.29, 0.717) is 13.0 Å². The molecular formula is C20H28N4O. The van der Waals surface area contributed by atoms with Gasteiger partial charge >= 0.3 is 6.03 Å². The second-order valence-electron chi connectivity index (χ2n) is 6.84. The molecule has 3 atom stereocenters. The fourth-order valence-corrected chi connectivity index (χ4v) is 4.42. The topological polar surface area (TPSA) is 51.4 Å². The standard InChI is InChI=1S/C20H28N4O/c1-4-24(5-2)20(25)22-14-10-16-15-7-6-8-17-19(15)13(11-21-17)9-18(16)23(3)12-14/h6-8,11,14,16,18,21H,4-5,9-10,12H2,1-3H3,(H,22,25)/t14-,16+,18+/m0/s1/i1D3,2D3,4D2,5D2. The zero-order valence-corrected chi connectivity index (χ0v) is 14.0. The van der Waals surface area contributed by atoms with E-state index in [1.807, 2.05) is 31.4 Å². The molecule has 1 aromatic carbocycles. The summed E-state index contributed by atoms with van der Waals surface area (Å²) in [5.41, 5.74) is 3.31. The van der Waals surface area contributed by atoms with Gasteiger partial charge in [0, 0.05) is 68.3 Å². The van der Waals surface area contributed by atoms with Crippen molar-refractivity contribution in [2.75, 3.05) is 26.6 Å². The number of fused-ring (bicyclic) bond motifs is 2. The lowest BCUT2D eigenvalue weighted by Gasteiger charge is -2.45. The number of amides is 2. The quantitative estimate of drug-likeness (QED) is 0.894. The van der Waals surface area contributed by atoms with E-state index in [9.17, 15) is 4.79 Å². The van der Waals surface area contributed by atoms with Gasteiger partial charge in [-0.05, 0) is 50.8 Å². The van der Waals surface area contributed by atoms with E-state index < -0.39 is 38.8 Å².